The van der Waals surface area contributed by atoms with E-state index in [1.807, 2.05) is 0 Å². The number of furan rings is 1. The maximum Gasteiger partial charge on any atom is 0.372 e. The van der Waals surface area contributed by atoms with Gasteiger partial charge in [0.1, 0.15) is 0 Å². The van der Waals surface area contributed by atoms with Crippen LogP contribution in [0.25, 0.3) is 0 Å². The van der Waals surface area contributed by atoms with Crippen molar-refractivity contribution < 1.29 is 19.1 Å². The lowest BCUT2D eigenvalue weighted by molar-refractivity contribution is -0.121. The van der Waals surface area contributed by atoms with E-state index in [4.69, 9.17) is 9.52 Å². The highest BCUT2D eigenvalue weighted by molar-refractivity contribution is 5.86. The van der Waals surface area contributed by atoms with Crippen LogP contribution in [0.15, 0.2) is 16.7 Å². The predicted octanol–water partition coefficient (Wildman–Crippen LogP) is 0.156. The number of carbonyl (C=O) groups is 2. The Morgan fingerprint density at radius 3 is 2.81 bits per heavy atom. The van der Waals surface area contributed by atoms with Crippen LogP contribution in [0.5, 0.6) is 0 Å². The molecule has 0 saturated heterocycles. The first-order valence-corrected chi connectivity index (χ1v) is 4.73. The van der Waals surface area contributed by atoms with Crippen LogP contribution in [0, 0.1) is 0 Å². The molecule has 0 saturated carbocycles. The lowest BCUT2D eigenvalue weighted by Crippen LogP contribution is -2.32. The molecule has 0 aliphatic heterocycles. The van der Waals surface area contributed by atoms with Crippen LogP contribution in [0.4, 0.5) is 0 Å². The molecule has 0 radical (unpaired) electrons. The van der Waals surface area contributed by atoms with Gasteiger partial charge in [0, 0.05) is 19.2 Å². The molecule has 1 aromatic rings. The number of amides is 1. The van der Waals surface area contributed by atoms with E-state index in [-0.39, 0.29) is 18.2 Å². The van der Waals surface area contributed by atoms with Crippen molar-refractivity contribution in [2.45, 2.75) is 6.54 Å². The Hall–Kier alpha value is -1.82. The number of likely N-dealkylation sites (N-methyl/N-ethyl adjacent to an activating group) is 2. The number of carboxylic acids is 1. The average Bonchev–Trinajstić information content (AvgIpc) is 2.65. The van der Waals surface area contributed by atoms with Crippen LogP contribution >= 0.6 is 0 Å². The van der Waals surface area contributed by atoms with Crippen molar-refractivity contribution in [2.75, 3.05) is 20.6 Å². The Bertz CT molecular complexity index is 386. The third-order valence-electron chi connectivity index (χ3n) is 2.07. The van der Waals surface area contributed by atoms with Crippen LogP contribution in [-0.2, 0) is 11.3 Å². The van der Waals surface area contributed by atoms with E-state index in [0.717, 1.165) is 0 Å². The Morgan fingerprint density at radius 2 is 2.25 bits per heavy atom. The number of hydrogen-bond donors (Lipinski definition) is 2. The topological polar surface area (TPSA) is 82.8 Å². The summed E-state index contributed by atoms with van der Waals surface area (Å²) in [5, 5.41) is 11.3. The number of nitrogens with one attached hydrogen (secondary N) is 1. The largest absolute Gasteiger partial charge is 0.475 e. The molecule has 0 spiro atoms. The molecule has 6 heteroatoms. The summed E-state index contributed by atoms with van der Waals surface area (Å²) in [6.45, 7) is 0.562. The quantitative estimate of drug-likeness (QED) is 0.747. The molecule has 2 N–H and O–H groups in total. The smallest absolute Gasteiger partial charge is 0.372 e. The minimum atomic E-state index is -1.10. The molecule has 0 aromatic carbocycles. The van der Waals surface area contributed by atoms with Gasteiger partial charge in [0.15, 0.2) is 0 Å². The fraction of sp³-hybridized carbons (Fsp3) is 0.400. The normalized spacial score (nSPS) is 10.4. The van der Waals surface area contributed by atoms with Gasteiger partial charge < -0.3 is 14.8 Å². The summed E-state index contributed by atoms with van der Waals surface area (Å²) in [6, 6.07) is 1.59. The predicted molar refractivity (Wildman–Crippen MR) is 56.1 cm³/mol. The van der Waals surface area contributed by atoms with E-state index in [0.29, 0.717) is 12.1 Å². The molecular formula is C10H14N2O4. The molecule has 1 rings (SSSR count). The first-order chi connectivity index (χ1) is 7.54. The maximum absolute atomic E-state index is 11.1. The number of rotatable bonds is 5. The molecule has 0 unspecified atom stereocenters. The second kappa shape index (κ2) is 5.32. The summed E-state index contributed by atoms with van der Waals surface area (Å²) in [5.74, 6) is -1.31. The second-order valence-electron chi connectivity index (χ2n) is 3.43. The zero-order chi connectivity index (χ0) is 12.1. The van der Waals surface area contributed by atoms with Crippen LogP contribution < -0.4 is 5.32 Å². The van der Waals surface area contributed by atoms with Crippen molar-refractivity contribution >= 4 is 11.9 Å². The molecule has 16 heavy (non-hydrogen) atoms. The number of carbonyl (C=O) groups excluding carboxylic acids is 1. The number of hydrogen-bond acceptors (Lipinski definition) is 4. The minimum absolute atomic E-state index is 0.0799. The van der Waals surface area contributed by atoms with Gasteiger partial charge in [0.2, 0.25) is 11.7 Å². The van der Waals surface area contributed by atoms with E-state index < -0.39 is 5.97 Å². The van der Waals surface area contributed by atoms with Gasteiger partial charge in [-0.15, -0.1) is 0 Å². The minimum Gasteiger partial charge on any atom is -0.475 e. The fourth-order valence-electron chi connectivity index (χ4n) is 1.32. The standard InChI is InChI=1S/C10H14N2O4/c1-11-8(13)6-12(2)5-7-3-4-16-9(7)10(14)15/h3-4H,5-6H2,1-2H3,(H,11,13)(H,14,15). The number of aromatic carboxylic acids is 1. The van der Waals surface area contributed by atoms with Crippen molar-refractivity contribution in [2.24, 2.45) is 0 Å². The molecule has 0 aliphatic rings. The molecule has 0 fully saturated rings. The number of nitrogens with zero attached hydrogens (tertiary/aromatic N) is 1. The third-order valence-corrected chi connectivity index (χ3v) is 2.07. The summed E-state index contributed by atoms with van der Waals surface area (Å²) in [7, 11) is 3.28. The van der Waals surface area contributed by atoms with Crippen molar-refractivity contribution in [1.82, 2.24) is 10.2 Å². The van der Waals surface area contributed by atoms with Crippen LogP contribution in [0.2, 0.25) is 0 Å². The van der Waals surface area contributed by atoms with Crippen molar-refractivity contribution in [3.8, 4) is 0 Å². The van der Waals surface area contributed by atoms with Crippen LogP contribution in [0.1, 0.15) is 16.1 Å². The summed E-state index contributed by atoms with van der Waals surface area (Å²) >= 11 is 0. The van der Waals surface area contributed by atoms with Gasteiger partial charge in [-0.3, -0.25) is 9.69 Å². The van der Waals surface area contributed by atoms with Crippen LogP contribution in [0.3, 0.4) is 0 Å². The molecule has 0 atom stereocenters. The maximum atomic E-state index is 11.1. The van der Waals surface area contributed by atoms with Gasteiger partial charge in [-0.25, -0.2) is 4.79 Å². The van der Waals surface area contributed by atoms with E-state index in [2.05, 4.69) is 5.32 Å². The van der Waals surface area contributed by atoms with E-state index >= 15 is 0 Å². The summed E-state index contributed by atoms with van der Waals surface area (Å²) < 4.78 is 4.83. The molecule has 6 nitrogen and oxygen atoms in total. The lowest BCUT2D eigenvalue weighted by Gasteiger charge is -2.14. The molecular weight excluding hydrogens is 212 g/mol. The molecule has 0 aliphatic carbocycles. The van der Waals surface area contributed by atoms with Gasteiger partial charge in [0.05, 0.1) is 12.8 Å². The summed E-state index contributed by atoms with van der Waals surface area (Å²) in [4.78, 5) is 23.5. The molecule has 0 bridgehead atoms. The zero-order valence-corrected chi connectivity index (χ0v) is 9.19. The summed E-state index contributed by atoms with van der Waals surface area (Å²) in [5.41, 5.74) is 0.555. The van der Waals surface area contributed by atoms with Crippen molar-refractivity contribution in [1.29, 1.82) is 0 Å². The zero-order valence-electron chi connectivity index (χ0n) is 9.19. The van der Waals surface area contributed by atoms with Gasteiger partial charge in [-0.2, -0.15) is 0 Å². The SMILES string of the molecule is CNC(=O)CN(C)Cc1ccoc1C(=O)O. The molecule has 88 valence electrons. The highest BCUT2D eigenvalue weighted by Crippen LogP contribution is 2.12. The first kappa shape index (κ1) is 12.3. The molecule has 1 amide bonds. The van der Waals surface area contributed by atoms with E-state index in [9.17, 15) is 9.59 Å². The Labute approximate surface area is 92.8 Å². The van der Waals surface area contributed by atoms with E-state index in [1.54, 1.807) is 25.1 Å². The molecule has 1 aromatic heterocycles. The highest BCUT2D eigenvalue weighted by atomic mass is 16.4. The molecule has 1 heterocycles. The monoisotopic (exact) mass is 226 g/mol. The lowest BCUT2D eigenvalue weighted by atomic mass is 10.2. The fourth-order valence-corrected chi connectivity index (χ4v) is 1.32. The average molecular weight is 226 g/mol. The van der Waals surface area contributed by atoms with Gasteiger partial charge in [-0.1, -0.05) is 0 Å². The second-order valence-corrected chi connectivity index (χ2v) is 3.43. The van der Waals surface area contributed by atoms with Crippen molar-refractivity contribution in [3.63, 3.8) is 0 Å². The Kier molecular flexibility index (Phi) is 4.07. The van der Waals surface area contributed by atoms with Crippen LogP contribution in [-0.4, -0.2) is 42.5 Å². The van der Waals surface area contributed by atoms with Gasteiger partial charge in [0.25, 0.3) is 0 Å². The number of carboxylic acid groups (broad SMARTS) is 1. The Balaban J connectivity index is 2.62. The van der Waals surface area contributed by atoms with Crippen molar-refractivity contribution in [3.05, 3.63) is 23.7 Å². The highest BCUT2D eigenvalue weighted by Gasteiger charge is 2.15. The first-order valence-electron chi connectivity index (χ1n) is 4.73. The van der Waals surface area contributed by atoms with Gasteiger partial charge >= 0.3 is 5.97 Å². The van der Waals surface area contributed by atoms with Gasteiger partial charge in [-0.05, 0) is 13.1 Å². The summed E-state index contributed by atoms with van der Waals surface area (Å²) in [6.07, 6.45) is 1.33. The Morgan fingerprint density at radius 1 is 1.56 bits per heavy atom. The third kappa shape index (κ3) is 3.09. The van der Waals surface area contributed by atoms with E-state index in [1.165, 1.54) is 6.26 Å².